The molecular weight excluding hydrogens is 368 g/mol. The first-order valence-electron chi connectivity index (χ1n) is 9.82. The Labute approximate surface area is 170 Å². The smallest absolute Gasteiger partial charge is 0.274 e. The van der Waals surface area contributed by atoms with Crippen molar-refractivity contribution in [3.8, 4) is 5.19 Å². The molecule has 0 saturated carbocycles. The molecule has 28 heavy (non-hydrogen) atoms. The Morgan fingerprint density at radius 2 is 1.75 bits per heavy atom. The summed E-state index contributed by atoms with van der Waals surface area (Å²) in [7, 11) is 0. The van der Waals surface area contributed by atoms with Crippen LogP contribution in [0, 0.1) is 0 Å². The highest BCUT2D eigenvalue weighted by Crippen LogP contribution is 2.30. The van der Waals surface area contributed by atoms with Gasteiger partial charge in [-0.15, -0.1) is 0 Å². The van der Waals surface area contributed by atoms with E-state index in [1.165, 1.54) is 5.56 Å². The second-order valence-corrected chi connectivity index (χ2v) is 9.38. The van der Waals surface area contributed by atoms with E-state index in [4.69, 9.17) is 4.74 Å². The van der Waals surface area contributed by atoms with Crippen molar-refractivity contribution >= 4 is 27.5 Å². The van der Waals surface area contributed by atoms with Gasteiger partial charge in [0.25, 0.3) is 11.1 Å². The van der Waals surface area contributed by atoms with E-state index in [2.05, 4.69) is 44.0 Å². The highest BCUT2D eigenvalue weighted by Gasteiger charge is 2.25. The van der Waals surface area contributed by atoms with Crippen LogP contribution in [0.2, 0.25) is 0 Å². The Hall–Kier alpha value is -2.40. The number of aromatic nitrogens is 1. The molecule has 5 heteroatoms. The molecule has 0 N–H and O–H groups in total. The average molecular weight is 395 g/mol. The molecule has 1 aromatic heterocycles. The fraction of sp³-hybridized carbons (Fsp3) is 0.391. The molecule has 1 aliphatic rings. The number of para-hydroxylation sites is 1. The topological polar surface area (TPSA) is 42.4 Å². The van der Waals surface area contributed by atoms with Crippen LogP contribution in [-0.2, 0) is 5.41 Å². The molecular formula is C23H26N2O2S. The summed E-state index contributed by atoms with van der Waals surface area (Å²) in [5, 5.41) is 0.726. The van der Waals surface area contributed by atoms with E-state index in [1.807, 2.05) is 35.2 Å². The Bertz CT molecular complexity index is 931. The molecule has 4 rings (SSSR count). The third-order valence-electron chi connectivity index (χ3n) is 5.27. The van der Waals surface area contributed by atoms with Crippen LogP contribution in [0.15, 0.2) is 48.5 Å². The van der Waals surface area contributed by atoms with Gasteiger partial charge >= 0.3 is 0 Å². The summed E-state index contributed by atoms with van der Waals surface area (Å²) in [6.45, 7) is 7.98. The second-order valence-electron chi connectivity index (χ2n) is 8.38. The van der Waals surface area contributed by atoms with E-state index in [-0.39, 0.29) is 17.4 Å². The molecule has 0 atom stereocenters. The summed E-state index contributed by atoms with van der Waals surface area (Å²) < 4.78 is 7.24. The van der Waals surface area contributed by atoms with Gasteiger partial charge < -0.3 is 9.64 Å². The first-order valence-corrected chi connectivity index (χ1v) is 10.6. The van der Waals surface area contributed by atoms with Crippen LogP contribution in [0.1, 0.15) is 49.5 Å². The molecule has 1 aliphatic heterocycles. The maximum atomic E-state index is 12.8. The van der Waals surface area contributed by atoms with E-state index in [9.17, 15) is 4.79 Å². The number of carbonyl (C=O) groups excluding carboxylic acids is 1. The summed E-state index contributed by atoms with van der Waals surface area (Å²) in [4.78, 5) is 19.3. The van der Waals surface area contributed by atoms with Crippen molar-refractivity contribution in [1.29, 1.82) is 0 Å². The molecule has 0 radical (unpaired) electrons. The minimum absolute atomic E-state index is 0.0951. The molecule has 1 amide bonds. The fourth-order valence-corrected chi connectivity index (χ4v) is 4.40. The number of ether oxygens (including phenoxy) is 1. The number of fused-ring (bicyclic) bond motifs is 1. The zero-order valence-electron chi connectivity index (χ0n) is 16.6. The molecule has 0 aliphatic carbocycles. The average Bonchev–Trinajstić information content (AvgIpc) is 3.10. The lowest BCUT2D eigenvalue weighted by Gasteiger charge is -2.31. The molecule has 1 fully saturated rings. The third-order valence-corrected chi connectivity index (χ3v) is 6.20. The monoisotopic (exact) mass is 394 g/mol. The SMILES string of the molecule is CC(C)(C)c1ccc(C(=O)N2CCC(Oc3nc4ccccc4s3)CC2)cc1. The lowest BCUT2D eigenvalue weighted by molar-refractivity contribution is 0.0595. The number of nitrogens with zero attached hydrogens (tertiary/aromatic N) is 2. The zero-order chi connectivity index (χ0) is 19.7. The quantitative estimate of drug-likeness (QED) is 0.607. The first kappa shape index (κ1) is 18.9. The van der Waals surface area contributed by atoms with E-state index < -0.39 is 0 Å². The number of rotatable bonds is 3. The van der Waals surface area contributed by atoms with E-state index in [0.717, 1.165) is 46.9 Å². The maximum Gasteiger partial charge on any atom is 0.274 e. The van der Waals surface area contributed by atoms with Gasteiger partial charge in [-0.3, -0.25) is 4.79 Å². The van der Waals surface area contributed by atoms with Crippen molar-refractivity contribution in [3.63, 3.8) is 0 Å². The predicted octanol–water partition coefficient (Wildman–Crippen LogP) is 5.28. The Morgan fingerprint density at radius 3 is 2.39 bits per heavy atom. The zero-order valence-corrected chi connectivity index (χ0v) is 17.5. The van der Waals surface area contributed by atoms with Gasteiger partial charge in [0.15, 0.2) is 0 Å². The van der Waals surface area contributed by atoms with Crippen LogP contribution < -0.4 is 4.74 Å². The Morgan fingerprint density at radius 1 is 1.07 bits per heavy atom. The maximum absolute atomic E-state index is 12.8. The molecule has 3 aromatic rings. The number of likely N-dealkylation sites (tertiary alicyclic amines) is 1. The lowest BCUT2D eigenvalue weighted by atomic mass is 9.86. The number of benzene rings is 2. The van der Waals surface area contributed by atoms with Gasteiger partial charge in [-0.2, -0.15) is 0 Å². The standard InChI is InChI=1S/C23H26N2O2S/c1-23(2,3)17-10-8-16(9-11-17)21(26)25-14-12-18(13-15-25)27-22-24-19-6-4-5-7-20(19)28-22/h4-11,18H,12-15H2,1-3H3. The number of thiazole rings is 1. The van der Waals surface area contributed by atoms with Crippen LogP contribution in [0.5, 0.6) is 5.19 Å². The van der Waals surface area contributed by atoms with Crippen LogP contribution in [0.25, 0.3) is 10.2 Å². The van der Waals surface area contributed by atoms with Gasteiger partial charge in [0.1, 0.15) is 6.10 Å². The number of piperidine rings is 1. The van der Waals surface area contributed by atoms with Crippen molar-refractivity contribution in [2.45, 2.75) is 45.1 Å². The molecule has 2 heterocycles. The van der Waals surface area contributed by atoms with E-state index >= 15 is 0 Å². The predicted molar refractivity (Wildman–Crippen MR) is 114 cm³/mol. The summed E-state index contributed by atoms with van der Waals surface area (Å²) in [6, 6.07) is 16.1. The van der Waals surface area contributed by atoms with Gasteiger partial charge in [-0.05, 0) is 35.2 Å². The molecule has 1 saturated heterocycles. The van der Waals surface area contributed by atoms with Gasteiger partial charge in [-0.1, -0.05) is 56.4 Å². The lowest BCUT2D eigenvalue weighted by Crippen LogP contribution is -2.41. The number of hydrogen-bond donors (Lipinski definition) is 0. The van der Waals surface area contributed by atoms with Gasteiger partial charge in [0.2, 0.25) is 0 Å². The van der Waals surface area contributed by atoms with Crippen molar-refractivity contribution in [2.75, 3.05) is 13.1 Å². The summed E-state index contributed by atoms with van der Waals surface area (Å²) in [6.07, 6.45) is 1.79. The highest BCUT2D eigenvalue weighted by atomic mass is 32.1. The largest absolute Gasteiger partial charge is 0.467 e. The van der Waals surface area contributed by atoms with Crippen molar-refractivity contribution in [2.24, 2.45) is 0 Å². The Kier molecular flexibility index (Phi) is 5.11. The minimum atomic E-state index is 0.0951. The van der Waals surface area contributed by atoms with Gasteiger partial charge in [0.05, 0.1) is 10.2 Å². The molecule has 4 nitrogen and oxygen atoms in total. The van der Waals surface area contributed by atoms with Crippen LogP contribution in [0.3, 0.4) is 0 Å². The molecule has 0 spiro atoms. The minimum Gasteiger partial charge on any atom is -0.467 e. The summed E-state index contributed by atoms with van der Waals surface area (Å²) >= 11 is 1.58. The molecule has 2 aromatic carbocycles. The Balaban J connectivity index is 1.35. The summed E-state index contributed by atoms with van der Waals surface area (Å²) in [5.41, 5.74) is 3.08. The van der Waals surface area contributed by atoms with Crippen molar-refractivity contribution in [3.05, 3.63) is 59.7 Å². The van der Waals surface area contributed by atoms with E-state index in [1.54, 1.807) is 11.3 Å². The van der Waals surface area contributed by atoms with Crippen molar-refractivity contribution < 1.29 is 9.53 Å². The van der Waals surface area contributed by atoms with Crippen molar-refractivity contribution in [1.82, 2.24) is 9.88 Å². The third kappa shape index (κ3) is 4.04. The number of amides is 1. The van der Waals surface area contributed by atoms with Gasteiger partial charge in [-0.25, -0.2) is 4.98 Å². The highest BCUT2D eigenvalue weighted by molar-refractivity contribution is 7.20. The number of carbonyl (C=O) groups is 1. The summed E-state index contributed by atoms with van der Waals surface area (Å²) in [5.74, 6) is 0.110. The normalized spacial score (nSPS) is 15.8. The van der Waals surface area contributed by atoms with Gasteiger partial charge in [0, 0.05) is 31.5 Å². The molecule has 146 valence electrons. The molecule has 0 bridgehead atoms. The molecule has 0 unspecified atom stereocenters. The van der Waals surface area contributed by atoms with Crippen LogP contribution >= 0.6 is 11.3 Å². The first-order chi connectivity index (χ1) is 13.4. The van der Waals surface area contributed by atoms with Crippen LogP contribution in [0.4, 0.5) is 0 Å². The van der Waals surface area contributed by atoms with Crippen LogP contribution in [-0.4, -0.2) is 35.0 Å². The fourth-order valence-electron chi connectivity index (χ4n) is 3.52. The second kappa shape index (κ2) is 7.55. The van der Waals surface area contributed by atoms with E-state index in [0.29, 0.717) is 0 Å². The number of hydrogen-bond acceptors (Lipinski definition) is 4.